The summed E-state index contributed by atoms with van der Waals surface area (Å²) in [6.07, 6.45) is -1.32. The Kier molecular flexibility index (Phi) is 5.52. The molecule has 0 amide bonds. The number of sulfonamides is 1. The Morgan fingerprint density at radius 1 is 1.03 bits per heavy atom. The van der Waals surface area contributed by atoms with Crippen LogP contribution in [0.25, 0.3) is 11.1 Å². The van der Waals surface area contributed by atoms with Crippen LogP contribution < -0.4 is 9.46 Å². The zero-order valence-electron chi connectivity index (χ0n) is 15.5. The molecule has 3 rings (SSSR count). The van der Waals surface area contributed by atoms with Gasteiger partial charge in [0.2, 0.25) is 0 Å². The van der Waals surface area contributed by atoms with E-state index in [-0.39, 0.29) is 5.69 Å². The van der Waals surface area contributed by atoms with Crippen LogP contribution >= 0.6 is 0 Å². The van der Waals surface area contributed by atoms with Crippen LogP contribution in [0.5, 0.6) is 5.75 Å². The summed E-state index contributed by atoms with van der Waals surface area (Å²) in [4.78, 5) is 3.60. The van der Waals surface area contributed by atoms with E-state index in [1.165, 1.54) is 19.2 Å². The number of pyridine rings is 1. The Balaban J connectivity index is 1.95. The van der Waals surface area contributed by atoms with Gasteiger partial charge >= 0.3 is 6.18 Å². The lowest BCUT2D eigenvalue weighted by atomic mass is 10.0. The number of halogens is 3. The van der Waals surface area contributed by atoms with Crippen LogP contribution in [0, 0.1) is 6.92 Å². The first-order valence-corrected chi connectivity index (χ1v) is 9.89. The van der Waals surface area contributed by atoms with Crippen LogP contribution in [0.4, 0.5) is 18.9 Å². The highest BCUT2D eigenvalue weighted by molar-refractivity contribution is 7.92. The van der Waals surface area contributed by atoms with E-state index in [1.54, 1.807) is 18.5 Å². The summed E-state index contributed by atoms with van der Waals surface area (Å²) in [7, 11) is -2.78. The predicted octanol–water partition coefficient (Wildman–Crippen LogP) is 4.89. The Morgan fingerprint density at radius 2 is 1.79 bits per heavy atom. The fraction of sp³-hybridized carbons (Fsp3) is 0.150. The van der Waals surface area contributed by atoms with Crippen molar-refractivity contribution in [2.24, 2.45) is 0 Å². The normalized spacial score (nSPS) is 11.9. The second-order valence-electron chi connectivity index (χ2n) is 6.24. The number of ether oxygens (including phenoxy) is 1. The molecule has 0 aliphatic rings. The summed E-state index contributed by atoms with van der Waals surface area (Å²) in [5.74, 6) is 0.394. The minimum Gasteiger partial charge on any atom is -0.496 e. The molecule has 0 unspecified atom stereocenters. The van der Waals surface area contributed by atoms with Crippen molar-refractivity contribution in [3.8, 4) is 16.9 Å². The number of rotatable bonds is 5. The average molecular weight is 422 g/mol. The lowest BCUT2D eigenvalue weighted by Crippen LogP contribution is -2.14. The summed E-state index contributed by atoms with van der Waals surface area (Å²) in [6.45, 7) is 1.90. The van der Waals surface area contributed by atoms with Gasteiger partial charge in [0.25, 0.3) is 10.0 Å². The molecule has 152 valence electrons. The van der Waals surface area contributed by atoms with Gasteiger partial charge in [0.05, 0.1) is 23.3 Å². The van der Waals surface area contributed by atoms with E-state index in [9.17, 15) is 21.6 Å². The first-order valence-electron chi connectivity index (χ1n) is 8.41. The molecule has 0 aliphatic carbocycles. The van der Waals surface area contributed by atoms with Gasteiger partial charge in [-0.15, -0.1) is 0 Å². The van der Waals surface area contributed by atoms with Gasteiger partial charge in [0.1, 0.15) is 5.75 Å². The fourth-order valence-electron chi connectivity index (χ4n) is 2.78. The van der Waals surface area contributed by atoms with Crippen molar-refractivity contribution in [3.05, 3.63) is 72.1 Å². The van der Waals surface area contributed by atoms with Crippen molar-refractivity contribution in [1.29, 1.82) is 0 Å². The average Bonchev–Trinajstić information content (AvgIpc) is 2.68. The Morgan fingerprint density at radius 3 is 2.45 bits per heavy atom. The molecule has 0 aliphatic heterocycles. The number of aromatic nitrogens is 1. The van der Waals surface area contributed by atoms with Crippen molar-refractivity contribution in [3.63, 3.8) is 0 Å². The molecular weight excluding hydrogens is 405 g/mol. The summed E-state index contributed by atoms with van der Waals surface area (Å²) in [6, 6.07) is 10.0. The van der Waals surface area contributed by atoms with Crippen LogP contribution in [-0.4, -0.2) is 20.5 Å². The maximum atomic E-state index is 12.9. The first kappa shape index (κ1) is 20.7. The summed E-state index contributed by atoms with van der Waals surface area (Å²) >= 11 is 0. The molecule has 0 spiro atoms. The third kappa shape index (κ3) is 4.51. The molecule has 0 saturated carbocycles. The van der Waals surface area contributed by atoms with Gasteiger partial charge in [-0.05, 0) is 48.9 Å². The molecule has 29 heavy (non-hydrogen) atoms. The van der Waals surface area contributed by atoms with Gasteiger partial charge in [-0.1, -0.05) is 6.07 Å². The van der Waals surface area contributed by atoms with Crippen molar-refractivity contribution < 1.29 is 26.3 Å². The molecule has 9 heteroatoms. The van der Waals surface area contributed by atoms with Crippen LogP contribution in [0.15, 0.2) is 65.8 Å². The van der Waals surface area contributed by atoms with Crippen molar-refractivity contribution in [2.45, 2.75) is 18.0 Å². The van der Waals surface area contributed by atoms with E-state index >= 15 is 0 Å². The van der Waals surface area contributed by atoms with Gasteiger partial charge in [-0.25, -0.2) is 8.42 Å². The third-order valence-electron chi connectivity index (χ3n) is 4.25. The minimum absolute atomic E-state index is 0.157. The fourth-order valence-corrected chi connectivity index (χ4v) is 3.87. The highest BCUT2D eigenvalue weighted by Crippen LogP contribution is 2.35. The van der Waals surface area contributed by atoms with E-state index in [0.29, 0.717) is 17.4 Å². The Hall–Kier alpha value is -3.07. The number of hydrogen-bond donors (Lipinski definition) is 1. The second-order valence-corrected chi connectivity index (χ2v) is 7.92. The zero-order chi connectivity index (χ0) is 21.2. The molecule has 0 saturated heterocycles. The van der Waals surface area contributed by atoms with Crippen LogP contribution in [-0.2, 0) is 16.2 Å². The molecule has 0 bridgehead atoms. The SMILES string of the molecule is COc1cc(NS(=O)(=O)c2cccc(C(F)(F)F)c2)ccc1-c1cnccc1C. The monoisotopic (exact) mass is 422 g/mol. The number of hydrogen-bond acceptors (Lipinski definition) is 4. The van der Waals surface area contributed by atoms with E-state index in [1.807, 2.05) is 13.0 Å². The van der Waals surface area contributed by atoms with Crippen LogP contribution in [0.3, 0.4) is 0 Å². The number of aryl methyl sites for hydroxylation is 1. The van der Waals surface area contributed by atoms with Gasteiger partial charge in [-0.2, -0.15) is 13.2 Å². The first-order chi connectivity index (χ1) is 13.6. The standard InChI is InChI=1S/C20H17F3N2O3S/c1-13-8-9-24-12-18(13)17-7-6-15(11-19(17)28-2)25-29(26,27)16-5-3-4-14(10-16)20(21,22)23/h3-12,25H,1-2H3. The van der Waals surface area contributed by atoms with Gasteiger partial charge < -0.3 is 4.74 Å². The van der Waals surface area contributed by atoms with Gasteiger partial charge in [0, 0.05) is 29.6 Å². The lowest BCUT2D eigenvalue weighted by molar-refractivity contribution is -0.137. The van der Waals surface area contributed by atoms with E-state index in [0.717, 1.165) is 29.3 Å². The summed E-state index contributed by atoms with van der Waals surface area (Å²) in [5.41, 5.74) is 1.59. The van der Waals surface area contributed by atoms with Gasteiger partial charge in [-0.3, -0.25) is 9.71 Å². The zero-order valence-corrected chi connectivity index (χ0v) is 16.3. The number of benzene rings is 2. The molecule has 0 fully saturated rings. The van der Waals surface area contributed by atoms with Crippen LogP contribution in [0.2, 0.25) is 0 Å². The number of anilines is 1. The van der Waals surface area contributed by atoms with Crippen LogP contribution in [0.1, 0.15) is 11.1 Å². The van der Waals surface area contributed by atoms with Crippen molar-refractivity contribution >= 4 is 15.7 Å². The maximum absolute atomic E-state index is 12.9. The topological polar surface area (TPSA) is 68.3 Å². The predicted molar refractivity (Wildman–Crippen MR) is 103 cm³/mol. The number of nitrogens with zero attached hydrogens (tertiary/aromatic N) is 1. The summed E-state index contributed by atoms with van der Waals surface area (Å²) < 4.78 is 71.4. The minimum atomic E-state index is -4.64. The molecule has 5 nitrogen and oxygen atoms in total. The largest absolute Gasteiger partial charge is 0.496 e. The molecule has 1 N–H and O–H groups in total. The van der Waals surface area contributed by atoms with Gasteiger partial charge in [0.15, 0.2) is 0 Å². The third-order valence-corrected chi connectivity index (χ3v) is 5.63. The van der Waals surface area contributed by atoms with Crippen molar-refractivity contribution in [2.75, 3.05) is 11.8 Å². The maximum Gasteiger partial charge on any atom is 0.416 e. The Bertz CT molecular complexity index is 1150. The van der Waals surface area contributed by atoms with E-state index in [2.05, 4.69) is 9.71 Å². The Labute approximate surface area is 166 Å². The van der Waals surface area contributed by atoms with E-state index < -0.39 is 26.7 Å². The number of alkyl halides is 3. The highest BCUT2D eigenvalue weighted by atomic mass is 32.2. The number of methoxy groups -OCH3 is 1. The molecule has 1 heterocycles. The molecule has 0 radical (unpaired) electrons. The molecular formula is C20H17F3N2O3S. The van der Waals surface area contributed by atoms with E-state index in [4.69, 9.17) is 4.74 Å². The molecule has 2 aromatic carbocycles. The second kappa shape index (κ2) is 7.75. The molecule has 3 aromatic rings. The smallest absolute Gasteiger partial charge is 0.416 e. The van der Waals surface area contributed by atoms with Crippen molar-refractivity contribution in [1.82, 2.24) is 4.98 Å². The summed E-state index contributed by atoms with van der Waals surface area (Å²) in [5, 5.41) is 0. The lowest BCUT2D eigenvalue weighted by Gasteiger charge is -2.14. The quantitative estimate of drug-likeness (QED) is 0.636. The highest BCUT2D eigenvalue weighted by Gasteiger charge is 2.31. The molecule has 0 atom stereocenters. The molecule has 1 aromatic heterocycles. The number of nitrogens with one attached hydrogen (secondary N) is 1.